The molecule has 19 heavy (non-hydrogen) atoms. The number of nitrogens with two attached hydrogens (primary N) is 1. The average molecular weight is 263 g/mol. The first-order valence-electron chi connectivity index (χ1n) is 6.20. The third-order valence-electron chi connectivity index (χ3n) is 2.77. The number of carbonyl (C=O) groups excluding carboxylic acids is 2. The highest BCUT2D eigenvalue weighted by molar-refractivity contribution is 6.02. The van der Waals surface area contributed by atoms with Crippen molar-refractivity contribution in [2.75, 3.05) is 30.3 Å². The van der Waals surface area contributed by atoms with Crippen molar-refractivity contribution in [2.45, 2.75) is 13.3 Å². The number of ether oxygens (including phenoxy) is 1. The topological polar surface area (TPSA) is 84.7 Å². The largest absolute Gasteiger partial charge is 0.491 e. The lowest BCUT2D eigenvalue weighted by Gasteiger charge is -2.27. The fourth-order valence-electron chi connectivity index (χ4n) is 1.88. The monoisotopic (exact) mass is 263 g/mol. The minimum Gasteiger partial charge on any atom is -0.491 e. The van der Waals surface area contributed by atoms with Gasteiger partial charge in [-0.15, -0.1) is 0 Å². The predicted octanol–water partition coefficient (Wildman–Crippen LogP) is 0.520. The molecule has 1 aromatic rings. The normalized spacial score (nSPS) is 15.3. The number of nitrogens with one attached hydrogen (secondary N) is 1. The Kier molecular flexibility index (Phi) is 3.89. The molecule has 3 N–H and O–H groups in total. The number of piperazine rings is 1. The van der Waals surface area contributed by atoms with Crippen LogP contribution in [0.4, 0.5) is 11.4 Å². The van der Waals surface area contributed by atoms with Gasteiger partial charge >= 0.3 is 0 Å². The quantitative estimate of drug-likeness (QED) is 0.611. The van der Waals surface area contributed by atoms with E-state index in [4.69, 9.17) is 10.5 Å². The standard InChI is InChI=1S/C13H17N3O3/c1-2-5-19-11-6-9(3-4-10(11)14)16-7-12(17)15-13(18)8-16/h3-4,6H,2,5,7-8,14H2,1H3,(H,15,17,18). The molecule has 1 heterocycles. The number of hydrogen-bond acceptors (Lipinski definition) is 5. The Bertz CT molecular complexity index is 486. The van der Waals surface area contributed by atoms with Gasteiger partial charge in [-0.25, -0.2) is 0 Å². The number of imide groups is 1. The van der Waals surface area contributed by atoms with Gasteiger partial charge in [0, 0.05) is 11.8 Å². The lowest BCUT2D eigenvalue weighted by Crippen LogP contribution is -2.51. The van der Waals surface area contributed by atoms with Crippen molar-refractivity contribution in [3.8, 4) is 5.75 Å². The van der Waals surface area contributed by atoms with Crippen molar-refractivity contribution >= 4 is 23.2 Å². The van der Waals surface area contributed by atoms with Crippen LogP contribution in [0.2, 0.25) is 0 Å². The molecular formula is C13H17N3O3. The third kappa shape index (κ3) is 3.15. The van der Waals surface area contributed by atoms with Crippen LogP contribution in [-0.2, 0) is 9.59 Å². The van der Waals surface area contributed by atoms with E-state index in [1.54, 1.807) is 23.1 Å². The molecule has 1 aliphatic rings. The summed E-state index contributed by atoms with van der Waals surface area (Å²) < 4.78 is 5.53. The van der Waals surface area contributed by atoms with E-state index in [1.807, 2.05) is 6.92 Å². The van der Waals surface area contributed by atoms with E-state index >= 15 is 0 Å². The first-order chi connectivity index (χ1) is 9.10. The van der Waals surface area contributed by atoms with E-state index in [0.29, 0.717) is 18.0 Å². The second kappa shape index (κ2) is 5.60. The summed E-state index contributed by atoms with van der Waals surface area (Å²) in [5, 5.41) is 2.26. The number of carbonyl (C=O) groups is 2. The summed E-state index contributed by atoms with van der Waals surface area (Å²) in [6.45, 7) is 2.90. The maximum Gasteiger partial charge on any atom is 0.246 e. The van der Waals surface area contributed by atoms with Crippen molar-refractivity contribution in [3.63, 3.8) is 0 Å². The molecule has 0 unspecified atom stereocenters. The van der Waals surface area contributed by atoms with E-state index in [-0.39, 0.29) is 24.9 Å². The zero-order valence-electron chi connectivity index (χ0n) is 10.8. The Morgan fingerprint density at radius 2 is 2.00 bits per heavy atom. The van der Waals surface area contributed by atoms with Crippen molar-refractivity contribution < 1.29 is 14.3 Å². The van der Waals surface area contributed by atoms with Crippen LogP contribution in [0.5, 0.6) is 5.75 Å². The molecule has 0 bridgehead atoms. The number of anilines is 2. The van der Waals surface area contributed by atoms with Crippen LogP contribution in [0.1, 0.15) is 13.3 Å². The lowest BCUT2D eigenvalue weighted by molar-refractivity contribution is -0.130. The summed E-state index contributed by atoms with van der Waals surface area (Å²) in [4.78, 5) is 24.4. The summed E-state index contributed by atoms with van der Waals surface area (Å²) in [6, 6.07) is 5.26. The molecule has 0 atom stereocenters. The molecular weight excluding hydrogens is 246 g/mol. The number of rotatable bonds is 4. The molecule has 6 heteroatoms. The van der Waals surface area contributed by atoms with Crippen molar-refractivity contribution in [1.82, 2.24) is 5.32 Å². The fourth-order valence-corrected chi connectivity index (χ4v) is 1.88. The van der Waals surface area contributed by atoms with Crippen LogP contribution < -0.4 is 20.7 Å². The van der Waals surface area contributed by atoms with Crippen LogP contribution in [-0.4, -0.2) is 31.5 Å². The van der Waals surface area contributed by atoms with Gasteiger partial charge in [-0.3, -0.25) is 14.9 Å². The second-order valence-electron chi connectivity index (χ2n) is 4.40. The molecule has 0 aliphatic carbocycles. The van der Waals surface area contributed by atoms with Gasteiger partial charge < -0.3 is 15.4 Å². The predicted molar refractivity (Wildman–Crippen MR) is 72.0 cm³/mol. The Morgan fingerprint density at radius 1 is 1.32 bits per heavy atom. The number of benzene rings is 1. The molecule has 1 fully saturated rings. The molecule has 0 aromatic heterocycles. The molecule has 0 spiro atoms. The van der Waals surface area contributed by atoms with Crippen LogP contribution in [0.25, 0.3) is 0 Å². The van der Waals surface area contributed by atoms with Gasteiger partial charge in [-0.1, -0.05) is 6.92 Å². The summed E-state index contributed by atoms with van der Waals surface area (Å²) in [7, 11) is 0. The average Bonchev–Trinajstić information content (AvgIpc) is 2.36. The fraction of sp³-hybridized carbons (Fsp3) is 0.385. The summed E-state index contributed by atoms with van der Waals surface area (Å²) in [5.41, 5.74) is 7.12. The van der Waals surface area contributed by atoms with Gasteiger partial charge in [0.2, 0.25) is 11.8 Å². The summed E-state index contributed by atoms with van der Waals surface area (Å²) in [6.07, 6.45) is 0.883. The van der Waals surface area contributed by atoms with Gasteiger partial charge in [-0.2, -0.15) is 0 Å². The van der Waals surface area contributed by atoms with Crippen LogP contribution >= 0.6 is 0 Å². The zero-order chi connectivity index (χ0) is 13.8. The maximum absolute atomic E-state index is 11.4. The number of nitrogen functional groups attached to an aromatic ring is 1. The zero-order valence-corrected chi connectivity index (χ0v) is 10.8. The van der Waals surface area contributed by atoms with E-state index in [0.717, 1.165) is 12.1 Å². The first kappa shape index (κ1) is 13.2. The first-order valence-corrected chi connectivity index (χ1v) is 6.20. The Labute approximate surface area is 111 Å². The minimum absolute atomic E-state index is 0.156. The van der Waals surface area contributed by atoms with Gasteiger partial charge in [0.1, 0.15) is 5.75 Å². The molecule has 1 aliphatic heterocycles. The molecule has 0 radical (unpaired) electrons. The van der Waals surface area contributed by atoms with Crippen molar-refractivity contribution in [3.05, 3.63) is 18.2 Å². The van der Waals surface area contributed by atoms with E-state index in [9.17, 15) is 9.59 Å². The van der Waals surface area contributed by atoms with Gasteiger partial charge in [-0.05, 0) is 18.6 Å². The Balaban J connectivity index is 2.19. The third-order valence-corrected chi connectivity index (χ3v) is 2.77. The molecule has 0 saturated carbocycles. The molecule has 1 saturated heterocycles. The SMILES string of the molecule is CCCOc1cc(N2CC(=O)NC(=O)C2)ccc1N. The summed E-state index contributed by atoms with van der Waals surface area (Å²) >= 11 is 0. The molecule has 102 valence electrons. The van der Waals surface area contributed by atoms with Gasteiger partial charge in [0.15, 0.2) is 0 Å². The van der Waals surface area contributed by atoms with Crippen LogP contribution in [0.3, 0.4) is 0 Å². The minimum atomic E-state index is -0.302. The van der Waals surface area contributed by atoms with Gasteiger partial charge in [0.25, 0.3) is 0 Å². The Hall–Kier alpha value is -2.24. The van der Waals surface area contributed by atoms with Crippen molar-refractivity contribution in [1.29, 1.82) is 0 Å². The molecule has 2 rings (SSSR count). The second-order valence-corrected chi connectivity index (χ2v) is 4.40. The van der Waals surface area contributed by atoms with Crippen molar-refractivity contribution in [2.24, 2.45) is 0 Å². The maximum atomic E-state index is 11.4. The highest BCUT2D eigenvalue weighted by Crippen LogP contribution is 2.28. The van der Waals surface area contributed by atoms with E-state index in [1.165, 1.54) is 0 Å². The smallest absolute Gasteiger partial charge is 0.246 e. The highest BCUT2D eigenvalue weighted by atomic mass is 16.5. The molecule has 2 amide bonds. The van der Waals surface area contributed by atoms with Crippen LogP contribution in [0, 0.1) is 0 Å². The van der Waals surface area contributed by atoms with Crippen LogP contribution in [0.15, 0.2) is 18.2 Å². The van der Waals surface area contributed by atoms with E-state index in [2.05, 4.69) is 5.32 Å². The molecule has 1 aromatic carbocycles. The van der Waals surface area contributed by atoms with Gasteiger partial charge in [0.05, 0.1) is 25.4 Å². The number of amides is 2. The lowest BCUT2D eigenvalue weighted by atomic mass is 10.2. The molecule has 6 nitrogen and oxygen atoms in total. The Morgan fingerprint density at radius 3 is 2.63 bits per heavy atom. The van der Waals surface area contributed by atoms with E-state index < -0.39 is 0 Å². The number of nitrogens with zero attached hydrogens (tertiary/aromatic N) is 1. The highest BCUT2D eigenvalue weighted by Gasteiger charge is 2.23. The number of hydrogen-bond donors (Lipinski definition) is 2. The summed E-state index contributed by atoms with van der Waals surface area (Å²) in [5.74, 6) is -0.0222.